The molecular formula is C15H24O3. The summed E-state index contributed by atoms with van der Waals surface area (Å²) in [4.78, 5) is 12.4. The van der Waals surface area contributed by atoms with E-state index >= 15 is 0 Å². The molecule has 0 aromatic rings. The van der Waals surface area contributed by atoms with Gasteiger partial charge < -0.3 is 10.2 Å². The van der Waals surface area contributed by atoms with Crippen LogP contribution in [0.1, 0.15) is 40.5 Å². The number of carbonyl (C=O) groups is 1. The molecule has 4 atom stereocenters. The van der Waals surface area contributed by atoms with Gasteiger partial charge in [-0.1, -0.05) is 26.3 Å². The lowest BCUT2D eigenvalue weighted by atomic mass is 9.47. The van der Waals surface area contributed by atoms with Crippen LogP contribution in [0.5, 0.6) is 0 Å². The molecule has 2 aliphatic carbocycles. The zero-order valence-corrected chi connectivity index (χ0v) is 11.7. The SMILES string of the molecule is CC1=CC(=O)[C@H]2C(C)(C)[C@@H](O)CC[C@]2(C)C1CO. The van der Waals surface area contributed by atoms with E-state index in [-0.39, 0.29) is 29.6 Å². The van der Waals surface area contributed by atoms with E-state index in [1.54, 1.807) is 6.08 Å². The van der Waals surface area contributed by atoms with Gasteiger partial charge in [-0.05, 0) is 31.3 Å². The van der Waals surface area contributed by atoms with Crippen molar-refractivity contribution in [3.63, 3.8) is 0 Å². The molecule has 0 amide bonds. The molecule has 2 aliphatic rings. The highest BCUT2D eigenvalue weighted by Gasteiger charge is 2.58. The van der Waals surface area contributed by atoms with Crippen molar-refractivity contribution in [3.8, 4) is 0 Å². The molecule has 18 heavy (non-hydrogen) atoms. The van der Waals surface area contributed by atoms with Crippen molar-refractivity contribution in [1.29, 1.82) is 0 Å². The van der Waals surface area contributed by atoms with E-state index < -0.39 is 11.5 Å². The molecule has 2 N–H and O–H groups in total. The van der Waals surface area contributed by atoms with E-state index in [1.807, 2.05) is 20.8 Å². The molecule has 1 unspecified atom stereocenters. The minimum Gasteiger partial charge on any atom is -0.396 e. The van der Waals surface area contributed by atoms with Crippen LogP contribution in [0.25, 0.3) is 0 Å². The standard InChI is InChI=1S/C15H24O3/c1-9-7-11(17)13-14(2,3)12(18)5-6-15(13,4)10(9)8-16/h7,10,12-13,16,18H,5-6,8H2,1-4H3/t10?,12-,13-,15+/m0/s1. The molecule has 0 aromatic carbocycles. The molecule has 0 aromatic heterocycles. The lowest BCUT2D eigenvalue weighted by Crippen LogP contribution is -2.57. The Morgan fingerprint density at radius 3 is 2.56 bits per heavy atom. The molecule has 1 saturated carbocycles. The Labute approximate surface area is 109 Å². The largest absolute Gasteiger partial charge is 0.396 e. The van der Waals surface area contributed by atoms with E-state index in [0.717, 1.165) is 12.0 Å². The van der Waals surface area contributed by atoms with Crippen LogP contribution in [0.3, 0.4) is 0 Å². The fourth-order valence-electron chi connectivity index (χ4n) is 4.35. The summed E-state index contributed by atoms with van der Waals surface area (Å²) in [7, 11) is 0. The lowest BCUT2D eigenvalue weighted by Gasteiger charge is -2.56. The zero-order valence-electron chi connectivity index (χ0n) is 11.7. The predicted octanol–water partition coefficient (Wildman–Crippen LogP) is 1.93. The van der Waals surface area contributed by atoms with Crippen molar-refractivity contribution >= 4 is 5.78 Å². The molecule has 102 valence electrons. The topological polar surface area (TPSA) is 57.5 Å². The number of hydrogen-bond donors (Lipinski definition) is 2. The van der Waals surface area contributed by atoms with Crippen molar-refractivity contribution in [2.45, 2.75) is 46.6 Å². The zero-order chi connectivity index (χ0) is 13.7. The second kappa shape index (κ2) is 4.17. The fraction of sp³-hybridized carbons (Fsp3) is 0.800. The molecule has 0 saturated heterocycles. The number of aliphatic hydroxyl groups is 2. The molecule has 0 heterocycles. The van der Waals surface area contributed by atoms with Gasteiger partial charge in [0.25, 0.3) is 0 Å². The van der Waals surface area contributed by atoms with Crippen molar-refractivity contribution in [2.24, 2.45) is 22.7 Å². The monoisotopic (exact) mass is 252 g/mol. The van der Waals surface area contributed by atoms with Crippen molar-refractivity contribution in [3.05, 3.63) is 11.6 Å². The second-order valence-electron chi connectivity index (χ2n) is 6.84. The minimum absolute atomic E-state index is 0.0342. The predicted molar refractivity (Wildman–Crippen MR) is 70.0 cm³/mol. The van der Waals surface area contributed by atoms with E-state index in [1.165, 1.54) is 0 Å². The Morgan fingerprint density at radius 2 is 2.00 bits per heavy atom. The number of aliphatic hydroxyl groups excluding tert-OH is 2. The number of allylic oxidation sites excluding steroid dienone is 1. The van der Waals surface area contributed by atoms with Gasteiger partial charge in [0.05, 0.1) is 12.7 Å². The van der Waals surface area contributed by atoms with Crippen LogP contribution in [0, 0.1) is 22.7 Å². The van der Waals surface area contributed by atoms with Gasteiger partial charge in [-0.2, -0.15) is 0 Å². The van der Waals surface area contributed by atoms with Crippen LogP contribution in [0.2, 0.25) is 0 Å². The Hall–Kier alpha value is -0.670. The minimum atomic E-state index is -0.439. The first-order valence-electron chi connectivity index (χ1n) is 6.76. The molecule has 0 bridgehead atoms. The third kappa shape index (κ3) is 1.68. The maximum absolute atomic E-state index is 12.4. The fourth-order valence-corrected chi connectivity index (χ4v) is 4.35. The van der Waals surface area contributed by atoms with E-state index in [4.69, 9.17) is 0 Å². The highest BCUT2D eigenvalue weighted by atomic mass is 16.3. The van der Waals surface area contributed by atoms with Gasteiger partial charge in [0, 0.05) is 17.3 Å². The van der Waals surface area contributed by atoms with E-state index in [9.17, 15) is 15.0 Å². The first-order valence-corrected chi connectivity index (χ1v) is 6.76. The third-order valence-corrected chi connectivity index (χ3v) is 5.40. The maximum atomic E-state index is 12.4. The smallest absolute Gasteiger partial charge is 0.159 e. The number of rotatable bonds is 1. The number of carbonyl (C=O) groups excluding carboxylic acids is 1. The van der Waals surface area contributed by atoms with E-state index in [0.29, 0.717) is 6.42 Å². The van der Waals surface area contributed by atoms with Crippen LogP contribution in [-0.2, 0) is 4.79 Å². The summed E-state index contributed by atoms with van der Waals surface area (Å²) >= 11 is 0. The number of hydrogen-bond acceptors (Lipinski definition) is 3. The van der Waals surface area contributed by atoms with Crippen LogP contribution in [-0.4, -0.2) is 28.7 Å². The molecule has 3 nitrogen and oxygen atoms in total. The first-order chi connectivity index (χ1) is 8.25. The van der Waals surface area contributed by atoms with Crippen molar-refractivity contribution < 1.29 is 15.0 Å². The lowest BCUT2D eigenvalue weighted by molar-refractivity contribution is -0.153. The van der Waals surface area contributed by atoms with Gasteiger partial charge in [-0.15, -0.1) is 0 Å². The van der Waals surface area contributed by atoms with Gasteiger partial charge in [-0.25, -0.2) is 0 Å². The van der Waals surface area contributed by atoms with Crippen LogP contribution < -0.4 is 0 Å². The van der Waals surface area contributed by atoms with Gasteiger partial charge in [0.2, 0.25) is 0 Å². The Kier molecular flexibility index (Phi) is 3.19. The Balaban J connectivity index is 2.53. The quantitative estimate of drug-likeness (QED) is 0.749. The highest BCUT2D eigenvalue weighted by molar-refractivity contribution is 5.95. The molecule has 0 spiro atoms. The average Bonchev–Trinajstić information content (AvgIpc) is 2.23. The molecule has 3 heteroatoms. The molecule has 1 fully saturated rings. The maximum Gasteiger partial charge on any atom is 0.159 e. The molecule has 0 aliphatic heterocycles. The van der Waals surface area contributed by atoms with Gasteiger partial charge in [0.1, 0.15) is 0 Å². The summed E-state index contributed by atoms with van der Waals surface area (Å²) in [6.07, 6.45) is 2.74. The number of fused-ring (bicyclic) bond motifs is 1. The molecule has 2 rings (SSSR count). The Morgan fingerprint density at radius 1 is 1.39 bits per heavy atom. The summed E-state index contributed by atoms with van der Waals surface area (Å²) in [5.41, 5.74) is 0.329. The van der Waals surface area contributed by atoms with Crippen molar-refractivity contribution in [1.82, 2.24) is 0 Å². The number of ketones is 1. The van der Waals surface area contributed by atoms with Crippen LogP contribution in [0.4, 0.5) is 0 Å². The van der Waals surface area contributed by atoms with Crippen LogP contribution in [0.15, 0.2) is 11.6 Å². The third-order valence-electron chi connectivity index (χ3n) is 5.40. The van der Waals surface area contributed by atoms with Gasteiger partial charge in [0.15, 0.2) is 5.78 Å². The highest BCUT2D eigenvalue weighted by Crippen LogP contribution is 2.58. The normalized spacial score (nSPS) is 43.3. The molecular weight excluding hydrogens is 228 g/mol. The Bertz CT molecular complexity index is 397. The molecule has 0 radical (unpaired) electrons. The van der Waals surface area contributed by atoms with Gasteiger partial charge in [-0.3, -0.25) is 4.79 Å². The second-order valence-corrected chi connectivity index (χ2v) is 6.84. The summed E-state index contributed by atoms with van der Waals surface area (Å²) in [6.45, 7) is 8.05. The summed E-state index contributed by atoms with van der Waals surface area (Å²) in [5.74, 6) is -0.0509. The first kappa shape index (κ1) is 13.8. The van der Waals surface area contributed by atoms with Crippen LogP contribution >= 0.6 is 0 Å². The summed E-state index contributed by atoms with van der Waals surface area (Å²) in [6, 6.07) is 0. The summed E-state index contributed by atoms with van der Waals surface area (Å²) in [5, 5.41) is 19.9. The average molecular weight is 252 g/mol. The van der Waals surface area contributed by atoms with E-state index in [2.05, 4.69) is 6.92 Å². The van der Waals surface area contributed by atoms with Crippen molar-refractivity contribution in [2.75, 3.05) is 6.61 Å². The summed E-state index contributed by atoms with van der Waals surface area (Å²) < 4.78 is 0. The van der Waals surface area contributed by atoms with Gasteiger partial charge >= 0.3 is 0 Å².